The van der Waals surface area contributed by atoms with E-state index in [1.165, 1.54) is 27.5 Å². The van der Waals surface area contributed by atoms with Crippen LogP contribution in [-0.2, 0) is 0 Å². The summed E-state index contributed by atoms with van der Waals surface area (Å²) in [7, 11) is 4.46. The molecular weight excluding hydrogens is 282 g/mol. The molecule has 0 saturated carbocycles. The number of nitrogens with zero attached hydrogens (tertiary/aromatic N) is 3. The predicted octanol–water partition coefficient (Wildman–Crippen LogP) is 0.142. The number of nitro groups is 1. The van der Waals surface area contributed by atoms with Gasteiger partial charge in [0.05, 0.1) is 27.5 Å². The van der Waals surface area contributed by atoms with Crippen LogP contribution in [0.15, 0.2) is 22.3 Å². The van der Waals surface area contributed by atoms with Gasteiger partial charge in [-0.2, -0.15) is 5.10 Å². The first kappa shape index (κ1) is 16.0. The van der Waals surface area contributed by atoms with Crippen LogP contribution < -0.4 is 25.4 Å². The van der Waals surface area contributed by atoms with Gasteiger partial charge in [-0.3, -0.25) is 0 Å². The predicted molar refractivity (Wildman–Crippen MR) is 75.4 cm³/mol. The molecule has 21 heavy (non-hydrogen) atoms. The molecule has 0 aliphatic heterocycles. The summed E-state index contributed by atoms with van der Waals surface area (Å²) in [5, 5.41) is 15.7. The van der Waals surface area contributed by atoms with Crippen LogP contribution in [0.1, 0.15) is 5.56 Å². The maximum Gasteiger partial charge on any atom is 0.286 e. The second-order valence-corrected chi connectivity index (χ2v) is 3.55. The van der Waals surface area contributed by atoms with Gasteiger partial charge in [-0.25, -0.2) is 15.5 Å². The molecule has 1 aromatic carbocycles. The topological polar surface area (TPSA) is 134 Å². The van der Waals surface area contributed by atoms with Crippen molar-refractivity contribution < 1.29 is 19.2 Å². The molecule has 0 radical (unpaired) electrons. The maximum absolute atomic E-state index is 10.1. The van der Waals surface area contributed by atoms with E-state index in [1.54, 1.807) is 12.1 Å². The van der Waals surface area contributed by atoms with Gasteiger partial charge < -0.3 is 19.9 Å². The Morgan fingerprint density at radius 1 is 1.29 bits per heavy atom. The summed E-state index contributed by atoms with van der Waals surface area (Å²) in [6.45, 7) is 0. The number of ether oxygens (including phenoxy) is 3. The normalized spacial score (nSPS) is 11.3. The van der Waals surface area contributed by atoms with Crippen LogP contribution in [0.4, 0.5) is 0 Å². The van der Waals surface area contributed by atoms with Crippen molar-refractivity contribution in [3.05, 3.63) is 27.8 Å². The molecule has 0 aliphatic carbocycles. The highest BCUT2D eigenvalue weighted by Crippen LogP contribution is 2.37. The van der Waals surface area contributed by atoms with E-state index in [-0.39, 0.29) is 0 Å². The van der Waals surface area contributed by atoms with Crippen LogP contribution in [-0.4, -0.2) is 38.5 Å². The van der Waals surface area contributed by atoms with E-state index >= 15 is 0 Å². The molecule has 0 heterocycles. The molecule has 0 saturated heterocycles. The van der Waals surface area contributed by atoms with Gasteiger partial charge in [0, 0.05) is 5.56 Å². The number of hydrazone groups is 2. The Kier molecular flexibility index (Phi) is 5.74. The number of hydrogen-bond acceptors (Lipinski definition) is 6. The summed E-state index contributed by atoms with van der Waals surface area (Å²) < 4.78 is 15.5. The number of guanidine groups is 1. The quantitative estimate of drug-likeness (QED) is 0.330. The fraction of sp³-hybridized carbons (Fsp3) is 0.273. The Balaban J connectivity index is 2.96. The van der Waals surface area contributed by atoms with Gasteiger partial charge in [0.1, 0.15) is 5.10 Å². The Morgan fingerprint density at radius 2 is 1.86 bits per heavy atom. The summed E-state index contributed by atoms with van der Waals surface area (Å²) in [4.78, 5) is 10.1. The molecule has 3 N–H and O–H groups in total. The van der Waals surface area contributed by atoms with Crippen LogP contribution in [0, 0.1) is 10.1 Å². The van der Waals surface area contributed by atoms with Crippen LogP contribution in [0.5, 0.6) is 17.2 Å². The average molecular weight is 297 g/mol. The summed E-state index contributed by atoms with van der Waals surface area (Å²) in [5.41, 5.74) is 8.02. The van der Waals surface area contributed by atoms with Crippen LogP contribution in [0.2, 0.25) is 0 Å². The lowest BCUT2D eigenvalue weighted by molar-refractivity contribution is -0.485. The van der Waals surface area contributed by atoms with E-state index in [0.29, 0.717) is 22.8 Å². The lowest BCUT2D eigenvalue weighted by Crippen LogP contribution is -2.28. The van der Waals surface area contributed by atoms with E-state index in [2.05, 4.69) is 15.6 Å². The molecule has 10 nitrogen and oxygen atoms in total. The maximum atomic E-state index is 10.1. The Hall–Kier alpha value is -3.04. The Bertz CT molecular complexity index is 547. The van der Waals surface area contributed by atoms with Crippen molar-refractivity contribution in [3.63, 3.8) is 0 Å². The first-order valence-electron chi connectivity index (χ1n) is 5.59. The fourth-order valence-corrected chi connectivity index (χ4v) is 1.46. The smallest absolute Gasteiger partial charge is 0.286 e. The van der Waals surface area contributed by atoms with E-state index in [4.69, 9.17) is 19.9 Å². The van der Waals surface area contributed by atoms with E-state index < -0.39 is 11.0 Å². The van der Waals surface area contributed by atoms with Gasteiger partial charge in [-0.15, -0.1) is 0 Å². The third kappa shape index (κ3) is 4.53. The zero-order valence-corrected chi connectivity index (χ0v) is 11.7. The minimum absolute atomic E-state index is 0.441. The van der Waals surface area contributed by atoms with Gasteiger partial charge >= 0.3 is 0 Å². The molecule has 0 aliphatic rings. The summed E-state index contributed by atoms with van der Waals surface area (Å²) in [6, 6.07) is 3.29. The van der Waals surface area contributed by atoms with E-state index in [9.17, 15) is 10.1 Å². The molecule has 0 atom stereocenters. The first-order valence-corrected chi connectivity index (χ1v) is 5.59. The molecule has 0 bridgehead atoms. The Labute approximate surface area is 120 Å². The van der Waals surface area contributed by atoms with Gasteiger partial charge in [0.15, 0.2) is 16.5 Å². The summed E-state index contributed by atoms with van der Waals surface area (Å²) in [5.74, 6) is 0.902. The zero-order chi connectivity index (χ0) is 15.8. The van der Waals surface area contributed by atoms with Crippen LogP contribution in [0.25, 0.3) is 0 Å². The van der Waals surface area contributed by atoms with E-state index in [1.807, 2.05) is 0 Å². The molecule has 0 aromatic heterocycles. The van der Waals surface area contributed by atoms with Crippen molar-refractivity contribution in [1.29, 1.82) is 0 Å². The minimum Gasteiger partial charge on any atom is -0.493 e. The monoisotopic (exact) mass is 297 g/mol. The zero-order valence-electron chi connectivity index (χ0n) is 11.7. The van der Waals surface area contributed by atoms with Crippen molar-refractivity contribution in [2.24, 2.45) is 15.9 Å². The van der Waals surface area contributed by atoms with Gasteiger partial charge in [0.25, 0.3) is 5.96 Å². The molecular formula is C11H15N5O5. The van der Waals surface area contributed by atoms with Gasteiger partial charge in [0.2, 0.25) is 5.75 Å². The molecule has 10 heteroatoms. The van der Waals surface area contributed by atoms with Crippen molar-refractivity contribution >= 4 is 12.2 Å². The number of benzene rings is 1. The molecule has 0 fully saturated rings. The third-order valence-electron chi connectivity index (χ3n) is 2.27. The first-order chi connectivity index (χ1) is 10.0. The average Bonchev–Trinajstić information content (AvgIpc) is 2.45. The van der Waals surface area contributed by atoms with Gasteiger partial charge in [-0.05, 0) is 12.1 Å². The summed E-state index contributed by atoms with van der Waals surface area (Å²) in [6.07, 6.45) is 1.37. The number of nitrogens with two attached hydrogens (primary N) is 1. The highest BCUT2D eigenvalue weighted by Gasteiger charge is 2.12. The third-order valence-corrected chi connectivity index (χ3v) is 2.27. The molecule has 1 aromatic rings. The largest absolute Gasteiger partial charge is 0.493 e. The molecule has 0 spiro atoms. The summed E-state index contributed by atoms with van der Waals surface area (Å²) >= 11 is 0. The molecule has 114 valence electrons. The highest BCUT2D eigenvalue weighted by molar-refractivity contribution is 5.84. The fourth-order valence-electron chi connectivity index (χ4n) is 1.46. The number of rotatable bonds is 6. The van der Waals surface area contributed by atoms with Crippen molar-refractivity contribution in [1.82, 2.24) is 5.43 Å². The van der Waals surface area contributed by atoms with Crippen molar-refractivity contribution in [3.8, 4) is 17.2 Å². The lowest BCUT2D eigenvalue weighted by Gasteiger charge is -2.12. The van der Waals surface area contributed by atoms with Crippen molar-refractivity contribution in [2.45, 2.75) is 0 Å². The van der Waals surface area contributed by atoms with Crippen LogP contribution in [0.3, 0.4) is 0 Å². The van der Waals surface area contributed by atoms with Crippen molar-refractivity contribution in [2.75, 3.05) is 21.3 Å². The molecule has 1 rings (SSSR count). The van der Waals surface area contributed by atoms with E-state index in [0.717, 1.165) is 0 Å². The number of nitrogens with one attached hydrogen (secondary N) is 1. The minimum atomic E-state index is -0.933. The Morgan fingerprint density at radius 3 is 2.29 bits per heavy atom. The van der Waals surface area contributed by atoms with Gasteiger partial charge in [-0.1, -0.05) is 0 Å². The highest BCUT2D eigenvalue weighted by atomic mass is 16.7. The number of hydrogen-bond donors (Lipinski definition) is 2. The molecule has 0 unspecified atom stereocenters. The second kappa shape index (κ2) is 7.53. The standard InChI is InChI=1S/C11H15N5O5/c1-19-8-4-7(5-9(20-2)10(8)21-3)6-13-14-11(12)15-16(17)18/h4-6H,1-3H3,(H3,12,14,15)/b13-6-. The molecule has 0 amide bonds. The van der Waals surface area contributed by atoms with Crippen LogP contribution >= 0.6 is 0 Å². The SMILES string of the molecule is COc1cc(/C=N\N/C(N)=N\[N+](=O)[O-])cc(OC)c1OC. The number of methoxy groups -OCH3 is 3. The second-order valence-electron chi connectivity index (χ2n) is 3.55. The lowest BCUT2D eigenvalue weighted by atomic mass is 10.2.